The summed E-state index contributed by atoms with van der Waals surface area (Å²) in [6.07, 6.45) is 3.21. The van der Waals surface area contributed by atoms with Crippen LogP contribution >= 0.6 is 0 Å². The van der Waals surface area contributed by atoms with Gasteiger partial charge in [0.1, 0.15) is 0 Å². The summed E-state index contributed by atoms with van der Waals surface area (Å²) in [4.78, 5) is 11.9. The number of carbonyl (C=O) groups excluding carboxylic acids is 1. The molecule has 15 heavy (non-hydrogen) atoms. The molecule has 0 radical (unpaired) electrons. The first-order valence-corrected chi connectivity index (χ1v) is 6.26. The minimum absolute atomic E-state index is 0.182. The molecule has 1 unspecified atom stereocenters. The molecule has 1 N–H and O–H groups in total. The number of rotatable bonds is 7. The largest absolute Gasteiger partial charge is 0.356 e. The lowest BCUT2D eigenvalue weighted by atomic mass is 9.87. The first-order chi connectivity index (χ1) is 6.99. The van der Waals surface area contributed by atoms with Crippen molar-refractivity contribution in [3.8, 4) is 0 Å². The number of amides is 1. The molecule has 0 aliphatic heterocycles. The highest BCUT2D eigenvalue weighted by Gasteiger charge is 2.22. The maximum Gasteiger partial charge on any atom is 0.223 e. The van der Waals surface area contributed by atoms with Crippen LogP contribution in [0, 0.1) is 17.8 Å². The van der Waals surface area contributed by atoms with E-state index in [-0.39, 0.29) is 11.8 Å². The maximum atomic E-state index is 11.9. The van der Waals surface area contributed by atoms with Crippen molar-refractivity contribution in [2.45, 2.75) is 53.9 Å². The zero-order valence-corrected chi connectivity index (χ0v) is 11.0. The van der Waals surface area contributed by atoms with Crippen LogP contribution in [0.2, 0.25) is 0 Å². The molecule has 0 aromatic rings. The van der Waals surface area contributed by atoms with E-state index in [1.165, 1.54) is 0 Å². The van der Waals surface area contributed by atoms with Crippen LogP contribution in [-0.4, -0.2) is 12.5 Å². The third-order valence-electron chi connectivity index (χ3n) is 2.70. The Balaban J connectivity index is 4.05. The Morgan fingerprint density at radius 1 is 1.20 bits per heavy atom. The second kappa shape index (κ2) is 7.72. The molecule has 90 valence electrons. The summed E-state index contributed by atoms with van der Waals surface area (Å²) in [7, 11) is 0. The highest BCUT2D eigenvalue weighted by atomic mass is 16.1. The predicted octanol–water partition coefficient (Wildman–Crippen LogP) is 3.22. The van der Waals surface area contributed by atoms with Gasteiger partial charge in [0.2, 0.25) is 5.91 Å². The molecule has 0 bridgehead atoms. The Bertz CT molecular complexity index is 175. The summed E-state index contributed by atoms with van der Waals surface area (Å²) >= 11 is 0. The number of carbonyl (C=O) groups is 1. The van der Waals surface area contributed by atoms with Crippen LogP contribution < -0.4 is 5.32 Å². The third kappa shape index (κ3) is 6.53. The summed E-state index contributed by atoms with van der Waals surface area (Å²) in [6.45, 7) is 11.6. The smallest absolute Gasteiger partial charge is 0.223 e. The van der Waals surface area contributed by atoms with Gasteiger partial charge in [-0.05, 0) is 24.7 Å². The van der Waals surface area contributed by atoms with Gasteiger partial charge >= 0.3 is 0 Å². The van der Waals surface area contributed by atoms with Crippen molar-refractivity contribution in [2.24, 2.45) is 17.8 Å². The van der Waals surface area contributed by atoms with Crippen molar-refractivity contribution in [3.05, 3.63) is 0 Å². The van der Waals surface area contributed by atoms with Crippen LogP contribution in [-0.2, 0) is 4.79 Å². The van der Waals surface area contributed by atoms with E-state index in [1.807, 2.05) is 0 Å². The second-order valence-electron chi connectivity index (χ2n) is 5.12. The molecule has 2 nitrogen and oxygen atoms in total. The Kier molecular flexibility index (Phi) is 7.45. The van der Waals surface area contributed by atoms with Crippen LogP contribution in [0.5, 0.6) is 0 Å². The number of hydrogen-bond acceptors (Lipinski definition) is 1. The topological polar surface area (TPSA) is 29.1 Å². The quantitative estimate of drug-likeness (QED) is 0.646. The summed E-state index contributed by atoms with van der Waals surface area (Å²) in [5, 5.41) is 3.03. The van der Waals surface area contributed by atoms with Gasteiger partial charge in [-0.1, -0.05) is 41.0 Å². The van der Waals surface area contributed by atoms with Gasteiger partial charge in [-0.2, -0.15) is 0 Å². The molecule has 0 aromatic carbocycles. The molecule has 0 aromatic heterocycles. The van der Waals surface area contributed by atoms with Gasteiger partial charge in [0.15, 0.2) is 0 Å². The standard InChI is InChI=1S/C13H27NO/c1-6-7-8-14-13(15)12(11(4)5)9-10(2)3/h10-12H,6-9H2,1-5H3,(H,14,15). The Morgan fingerprint density at radius 3 is 2.20 bits per heavy atom. The molecule has 0 heterocycles. The fraction of sp³-hybridized carbons (Fsp3) is 0.923. The molecule has 1 amide bonds. The molecule has 0 saturated carbocycles. The number of hydrogen-bond donors (Lipinski definition) is 1. The van der Waals surface area contributed by atoms with E-state index >= 15 is 0 Å². The van der Waals surface area contributed by atoms with E-state index in [1.54, 1.807) is 0 Å². The average molecular weight is 213 g/mol. The van der Waals surface area contributed by atoms with Crippen molar-refractivity contribution in [1.29, 1.82) is 0 Å². The van der Waals surface area contributed by atoms with E-state index in [0.29, 0.717) is 11.8 Å². The average Bonchev–Trinajstić information content (AvgIpc) is 2.13. The van der Waals surface area contributed by atoms with Gasteiger partial charge in [0.05, 0.1) is 0 Å². The maximum absolute atomic E-state index is 11.9. The normalized spacial score (nSPS) is 13.3. The first-order valence-electron chi connectivity index (χ1n) is 6.26. The third-order valence-corrected chi connectivity index (χ3v) is 2.70. The van der Waals surface area contributed by atoms with Crippen LogP contribution in [0.4, 0.5) is 0 Å². The summed E-state index contributed by atoms with van der Waals surface area (Å²) < 4.78 is 0. The van der Waals surface area contributed by atoms with E-state index in [2.05, 4.69) is 39.9 Å². The van der Waals surface area contributed by atoms with Crippen LogP contribution in [0.15, 0.2) is 0 Å². The van der Waals surface area contributed by atoms with Crippen molar-refractivity contribution in [2.75, 3.05) is 6.54 Å². The number of nitrogens with one attached hydrogen (secondary N) is 1. The SMILES string of the molecule is CCCCNC(=O)C(CC(C)C)C(C)C. The zero-order valence-electron chi connectivity index (χ0n) is 11.0. The van der Waals surface area contributed by atoms with Crippen molar-refractivity contribution >= 4 is 5.91 Å². The summed E-state index contributed by atoms with van der Waals surface area (Å²) in [6, 6.07) is 0. The minimum atomic E-state index is 0.182. The molecule has 0 rings (SSSR count). The minimum Gasteiger partial charge on any atom is -0.356 e. The highest BCUT2D eigenvalue weighted by molar-refractivity contribution is 5.78. The van der Waals surface area contributed by atoms with E-state index in [9.17, 15) is 4.79 Å². The lowest BCUT2D eigenvalue weighted by Crippen LogP contribution is -2.34. The monoisotopic (exact) mass is 213 g/mol. The van der Waals surface area contributed by atoms with Crippen LogP contribution in [0.3, 0.4) is 0 Å². The number of unbranched alkanes of at least 4 members (excludes halogenated alkanes) is 1. The van der Waals surface area contributed by atoms with E-state index in [0.717, 1.165) is 25.8 Å². The Morgan fingerprint density at radius 2 is 1.80 bits per heavy atom. The van der Waals surface area contributed by atoms with Gasteiger partial charge < -0.3 is 5.32 Å². The van der Waals surface area contributed by atoms with Crippen molar-refractivity contribution in [1.82, 2.24) is 5.32 Å². The lowest BCUT2D eigenvalue weighted by Gasteiger charge is -2.21. The molecule has 0 aliphatic carbocycles. The van der Waals surface area contributed by atoms with E-state index < -0.39 is 0 Å². The fourth-order valence-corrected chi connectivity index (χ4v) is 1.71. The van der Waals surface area contributed by atoms with Crippen molar-refractivity contribution in [3.63, 3.8) is 0 Å². The van der Waals surface area contributed by atoms with Gasteiger partial charge in [-0.3, -0.25) is 4.79 Å². The molecular weight excluding hydrogens is 186 g/mol. The van der Waals surface area contributed by atoms with Gasteiger partial charge in [0.25, 0.3) is 0 Å². The first kappa shape index (κ1) is 14.5. The van der Waals surface area contributed by atoms with Gasteiger partial charge in [0, 0.05) is 12.5 Å². The molecule has 0 fully saturated rings. The fourth-order valence-electron chi connectivity index (χ4n) is 1.71. The predicted molar refractivity (Wildman–Crippen MR) is 65.7 cm³/mol. The summed E-state index contributed by atoms with van der Waals surface area (Å²) in [5.41, 5.74) is 0. The Labute approximate surface area is 94.8 Å². The van der Waals surface area contributed by atoms with E-state index in [4.69, 9.17) is 0 Å². The molecule has 1 atom stereocenters. The molecule has 0 saturated heterocycles. The lowest BCUT2D eigenvalue weighted by molar-refractivity contribution is -0.126. The molecular formula is C13H27NO. The van der Waals surface area contributed by atoms with Gasteiger partial charge in [-0.15, -0.1) is 0 Å². The highest BCUT2D eigenvalue weighted by Crippen LogP contribution is 2.20. The molecule has 0 spiro atoms. The second-order valence-corrected chi connectivity index (χ2v) is 5.12. The zero-order chi connectivity index (χ0) is 11.8. The molecule has 2 heteroatoms. The van der Waals surface area contributed by atoms with Crippen LogP contribution in [0.25, 0.3) is 0 Å². The van der Waals surface area contributed by atoms with Crippen molar-refractivity contribution < 1.29 is 4.79 Å². The van der Waals surface area contributed by atoms with Gasteiger partial charge in [-0.25, -0.2) is 0 Å². The summed E-state index contributed by atoms with van der Waals surface area (Å²) in [5.74, 6) is 1.46. The Hall–Kier alpha value is -0.530. The molecule has 0 aliphatic rings. The van der Waals surface area contributed by atoms with Crippen LogP contribution in [0.1, 0.15) is 53.9 Å².